The smallest absolute Gasteiger partial charge is 0.148 e. The minimum Gasteiger partial charge on any atom is -0.543 e. The SMILES string of the molecule is CCCC[NH+](C)Cc1nc(C(=O)[O-])cs1. The third kappa shape index (κ3) is 3.97. The second-order valence-electron chi connectivity index (χ2n) is 3.65. The highest BCUT2D eigenvalue weighted by Crippen LogP contribution is 2.07. The Kier molecular flexibility index (Phi) is 4.71. The van der Waals surface area contributed by atoms with Crippen LogP contribution in [0.25, 0.3) is 0 Å². The minimum absolute atomic E-state index is 0.0540. The second-order valence-corrected chi connectivity index (χ2v) is 4.59. The summed E-state index contributed by atoms with van der Waals surface area (Å²) in [5, 5.41) is 12.9. The van der Waals surface area contributed by atoms with Gasteiger partial charge in [-0.05, 0) is 6.42 Å². The Labute approximate surface area is 93.6 Å². The molecule has 1 aromatic heterocycles. The molecule has 0 fully saturated rings. The van der Waals surface area contributed by atoms with Crippen LogP contribution in [0, 0.1) is 0 Å². The fourth-order valence-corrected chi connectivity index (χ4v) is 2.19. The maximum absolute atomic E-state index is 10.5. The molecule has 0 radical (unpaired) electrons. The quantitative estimate of drug-likeness (QED) is 0.702. The molecule has 4 nitrogen and oxygen atoms in total. The third-order valence-corrected chi connectivity index (χ3v) is 3.02. The molecular weight excluding hydrogens is 212 g/mol. The predicted octanol–water partition coefficient (Wildman–Crippen LogP) is -0.679. The average molecular weight is 228 g/mol. The van der Waals surface area contributed by atoms with Crippen molar-refractivity contribution in [2.75, 3.05) is 13.6 Å². The Morgan fingerprint density at radius 1 is 1.67 bits per heavy atom. The van der Waals surface area contributed by atoms with Crippen molar-refractivity contribution in [3.05, 3.63) is 16.1 Å². The highest BCUT2D eigenvalue weighted by molar-refractivity contribution is 7.09. The molecule has 1 heterocycles. The van der Waals surface area contributed by atoms with Crippen LogP contribution in [0.1, 0.15) is 35.3 Å². The van der Waals surface area contributed by atoms with Gasteiger partial charge in [-0.15, -0.1) is 11.3 Å². The first-order chi connectivity index (χ1) is 7.13. The Hall–Kier alpha value is -0.940. The van der Waals surface area contributed by atoms with Gasteiger partial charge >= 0.3 is 0 Å². The number of unbranched alkanes of at least 4 members (excludes halogenated alkanes) is 1. The molecule has 1 rings (SSSR count). The Balaban J connectivity index is 2.46. The maximum atomic E-state index is 10.5. The molecule has 84 valence electrons. The minimum atomic E-state index is -1.19. The molecule has 0 aliphatic carbocycles. The number of carboxylic acids is 1. The van der Waals surface area contributed by atoms with Crippen molar-refractivity contribution in [1.29, 1.82) is 0 Å². The van der Waals surface area contributed by atoms with Gasteiger partial charge in [-0.25, -0.2) is 4.98 Å². The van der Waals surface area contributed by atoms with Gasteiger partial charge in [0.2, 0.25) is 0 Å². The number of hydrogen-bond donors (Lipinski definition) is 1. The number of nitrogens with zero attached hydrogens (tertiary/aromatic N) is 1. The first-order valence-corrected chi connectivity index (χ1v) is 5.98. The first-order valence-electron chi connectivity index (χ1n) is 5.10. The number of aromatic carboxylic acids is 1. The van der Waals surface area contributed by atoms with Crippen LogP contribution in [0.5, 0.6) is 0 Å². The van der Waals surface area contributed by atoms with Crippen molar-refractivity contribution < 1.29 is 14.8 Å². The lowest BCUT2D eigenvalue weighted by Crippen LogP contribution is -3.07. The van der Waals surface area contributed by atoms with Crippen LogP contribution in [0.4, 0.5) is 0 Å². The largest absolute Gasteiger partial charge is 0.543 e. The zero-order valence-corrected chi connectivity index (χ0v) is 9.89. The van der Waals surface area contributed by atoms with Crippen molar-refractivity contribution in [3.63, 3.8) is 0 Å². The number of carboxylic acid groups (broad SMARTS) is 1. The van der Waals surface area contributed by atoms with E-state index in [4.69, 9.17) is 0 Å². The summed E-state index contributed by atoms with van der Waals surface area (Å²) in [4.78, 5) is 15.8. The van der Waals surface area contributed by atoms with E-state index in [1.165, 1.54) is 34.5 Å². The Bertz CT molecular complexity index is 325. The molecule has 0 saturated heterocycles. The molecule has 1 atom stereocenters. The van der Waals surface area contributed by atoms with Gasteiger partial charge in [-0.1, -0.05) is 13.3 Å². The summed E-state index contributed by atoms with van der Waals surface area (Å²) in [5.74, 6) is -1.19. The molecule has 0 aromatic carbocycles. The molecule has 5 heteroatoms. The topological polar surface area (TPSA) is 57.5 Å². The molecule has 1 N–H and O–H groups in total. The zero-order valence-electron chi connectivity index (χ0n) is 9.08. The van der Waals surface area contributed by atoms with E-state index in [1.54, 1.807) is 0 Å². The number of nitrogens with one attached hydrogen (secondary N) is 1. The van der Waals surface area contributed by atoms with E-state index >= 15 is 0 Å². The van der Waals surface area contributed by atoms with Crippen LogP contribution < -0.4 is 10.0 Å². The number of quaternary nitrogens is 1. The van der Waals surface area contributed by atoms with E-state index in [1.807, 2.05) is 0 Å². The van der Waals surface area contributed by atoms with Gasteiger partial charge in [-0.3, -0.25) is 0 Å². The summed E-state index contributed by atoms with van der Waals surface area (Å²) < 4.78 is 0. The van der Waals surface area contributed by atoms with Gasteiger partial charge in [0.25, 0.3) is 0 Å². The fourth-order valence-electron chi connectivity index (χ4n) is 1.31. The summed E-state index contributed by atoms with van der Waals surface area (Å²) in [5.41, 5.74) is 0.0540. The summed E-state index contributed by atoms with van der Waals surface area (Å²) >= 11 is 1.39. The molecule has 0 saturated carbocycles. The van der Waals surface area contributed by atoms with E-state index in [0.29, 0.717) is 0 Å². The highest BCUT2D eigenvalue weighted by atomic mass is 32.1. The normalized spacial score (nSPS) is 12.7. The molecule has 0 spiro atoms. The summed E-state index contributed by atoms with van der Waals surface area (Å²) in [6.07, 6.45) is 2.37. The molecule has 0 aliphatic heterocycles. The molecule has 1 aromatic rings. The average Bonchev–Trinajstić information content (AvgIpc) is 2.63. The number of carbonyl (C=O) groups is 1. The lowest BCUT2D eigenvalue weighted by atomic mass is 10.3. The number of thiazole rings is 1. The standard InChI is InChI=1S/C10H16N2O2S/c1-3-4-5-12(2)6-9-11-8(7-15-9)10(13)14/h7H,3-6H2,1-2H3,(H,13,14). The van der Waals surface area contributed by atoms with E-state index in [9.17, 15) is 9.90 Å². The Morgan fingerprint density at radius 2 is 2.40 bits per heavy atom. The van der Waals surface area contributed by atoms with Crippen LogP contribution in [0.15, 0.2) is 5.38 Å². The highest BCUT2D eigenvalue weighted by Gasteiger charge is 2.08. The second kappa shape index (κ2) is 5.82. The van der Waals surface area contributed by atoms with Gasteiger partial charge in [0.05, 0.1) is 25.3 Å². The third-order valence-electron chi connectivity index (χ3n) is 2.17. The number of rotatable bonds is 6. The van der Waals surface area contributed by atoms with Crippen LogP contribution in [0.2, 0.25) is 0 Å². The lowest BCUT2D eigenvalue weighted by molar-refractivity contribution is -0.893. The molecule has 15 heavy (non-hydrogen) atoms. The number of aromatic nitrogens is 1. The van der Waals surface area contributed by atoms with Gasteiger partial charge in [0.1, 0.15) is 11.6 Å². The van der Waals surface area contributed by atoms with Gasteiger partial charge in [0.15, 0.2) is 0 Å². The van der Waals surface area contributed by atoms with Gasteiger partial charge in [0, 0.05) is 5.38 Å². The van der Waals surface area contributed by atoms with Crippen LogP contribution in [-0.4, -0.2) is 24.5 Å². The van der Waals surface area contributed by atoms with Crippen LogP contribution in [0.3, 0.4) is 0 Å². The summed E-state index contributed by atoms with van der Waals surface area (Å²) in [7, 11) is 2.09. The molecular formula is C10H16N2O2S. The van der Waals surface area contributed by atoms with Gasteiger partial charge in [-0.2, -0.15) is 0 Å². The summed E-state index contributed by atoms with van der Waals surface area (Å²) in [6, 6.07) is 0. The van der Waals surface area contributed by atoms with E-state index < -0.39 is 5.97 Å². The van der Waals surface area contributed by atoms with Crippen LogP contribution in [-0.2, 0) is 6.54 Å². The van der Waals surface area contributed by atoms with E-state index in [2.05, 4.69) is 19.0 Å². The van der Waals surface area contributed by atoms with Crippen molar-refractivity contribution in [2.24, 2.45) is 0 Å². The first kappa shape index (κ1) is 12.1. The van der Waals surface area contributed by atoms with Gasteiger partial charge < -0.3 is 14.8 Å². The molecule has 0 aliphatic rings. The maximum Gasteiger partial charge on any atom is 0.148 e. The van der Waals surface area contributed by atoms with Crippen molar-refractivity contribution >= 4 is 17.3 Å². The van der Waals surface area contributed by atoms with E-state index in [-0.39, 0.29) is 5.69 Å². The summed E-state index contributed by atoms with van der Waals surface area (Å²) in [6.45, 7) is 4.04. The zero-order chi connectivity index (χ0) is 11.3. The van der Waals surface area contributed by atoms with Crippen molar-refractivity contribution in [1.82, 2.24) is 4.98 Å². The molecule has 0 bridgehead atoms. The predicted molar refractivity (Wildman–Crippen MR) is 56.8 cm³/mol. The lowest BCUT2D eigenvalue weighted by Gasteiger charge is -2.11. The Morgan fingerprint density at radius 3 is 2.93 bits per heavy atom. The fraction of sp³-hybridized carbons (Fsp3) is 0.600. The number of carbonyl (C=O) groups excluding carboxylic acids is 1. The van der Waals surface area contributed by atoms with E-state index in [0.717, 1.165) is 18.1 Å². The molecule has 1 unspecified atom stereocenters. The van der Waals surface area contributed by atoms with Crippen molar-refractivity contribution in [3.8, 4) is 0 Å². The monoisotopic (exact) mass is 228 g/mol. The molecule has 0 amide bonds. The number of hydrogen-bond acceptors (Lipinski definition) is 4. The van der Waals surface area contributed by atoms with Crippen LogP contribution >= 0.6 is 11.3 Å². The van der Waals surface area contributed by atoms with Crippen molar-refractivity contribution in [2.45, 2.75) is 26.3 Å².